The summed E-state index contributed by atoms with van der Waals surface area (Å²) in [4.78, 5) is 29.0. The van der Waals surface area contributed by atoms with Gasteiger partial charge in [0.05, 0.1) is 30.2 Å². The summed E-state index contributed by atoms with van der Waals surface area (Å²) in [7, 11) is 0. The number of aromatic amines is 1. The molecule has 33 heavy (non-hydrogen) atoms. The maximum absolute atomic E-state index is 14.9. The van der Waals surface area contributed by atoms with Crippen molar-refractivity contribution in [3.63, 3.8) is 0 Å². The summed E-state index contributed by atoms with van der Waals surface area (Å²) in [5, 5.41) is 5.18. The van der Waals surface area contributed by atoms with Crippen LogP contribution in [0, 0.1) is 11.7 Å². The molecule has 2 fully saturated rings. The van der Waals surface area contributed by atoms with Crippen molar-refractivity contribution in [2.75, 3.05) is 11.6 Å². The monoisotopic (exact) mass is 473 g/mol. The number of nitrogens with zero attached hydrogens (tertiary/aromatic N) is 4. The van der Waals surface area contributed by atoms with Gasteiger partial charge in [-0.05, 0) is 25.7 Å². The number of carbonyl (C=O) groups is 1. The first-order chi connectivity index (χ1) is 16.0. The lowest BCUT2D eigenvalue weighted by molar-refractivity contribution is -0.125. The van der Waals surface area contributed by atoms with Crippen molar-refractivity contribution in [1.29, 1.82) is 0 Å². The van der Waals surface area contributed by atoms with E-state index in [1.54, 1.807) is 6.20 Å². The number of halogens is 2. The van der Waals surface area contributed by atoms with Crippen LogP contribution in [0.15, 0.2) is 17.4 Å². The summed E-state index contributed by atoms with van der Waals surface area (Å²) in [5.41, 5.74) is 1.41. The van der Waals surface area contributed by atoms with Gasteiger partial charge >= 0.3 is 0 Å². The fourth-order valence-corrected chi connectivity index (χ4v) is 5.44. The van der Waals surface area contributed by atoms with E-state index in [1.165, 1.54) is 5.01 Å². The van der Waals surface area contributed by atoms with Crippen LogP contribution in [0.2, 0.25) is 0 Å². The molecule has 3 aliphatic rings. The number of aromatic nitrogens is 3. The van der Waals surface area contributed by atoms with Crippen LogP contribution in [0.4, 0.5) is 10.2 Å². The van der Waals surface area contributed by atoms with Crippen LogP contribution < -0.4 is 26.9 Å². The van der Waals surface area contributed by atoms with Gasteiger partial charge < -0.3 is 10.3 Å². The van der Waals surface area contributed by atoms with E-state index >= 15 is 0 Å². The molecule has 1 aliphatic heterocycles. The number of anilines is 1. The number of nitrogens with two attached hydrogens (primary N) is 1. The van der Waals surface area contributed by atoms with Gasteiger partial charge in [-0.2, -0.15) is 0 Å². The number of hydrazine groups is 1. The molecule has 2 aromatic rings. The SMILES string of the molecule is NN(c1nc(-c2c[nH]c3c2=CC(Cl)CN=3)ncc1F)C1CCCCC1NC(=O)C1CCCC1. The number of fused-ring (bicyclic) bond motifs is 1. The molecule has 4 N–H and O–H groups in total. The molecule has 176 valence electrons. The van der Waals surface area contributed by atoms with Gasteiger partial charge in [-0.1, -0.05) is 31.8 Å². The van der Waals surface area contributed by atoms with Crippen molar-refractivity contribution >= 4 is 29.4 Å². The van der Waals surface area contributed by atoms with Crippen molar-refractivity contribution in [3.8, 4) is 11.4 Å². The number of hydrogen-bond donors (Lipinski definition) is 3. The van der Waals surface area contributed by atoms with Crippen LogP contribution in [0.25, 0.3) is 17.5 Å². The summed E-state index contributed by atoms with van der Waals surface area (Å²) >= 11 is 6.25. The lowest BCUT2D eigenvalue weighted by atomic mass is 9.89. The van der Waals surface area contributed by atoms with Gasteiger partial charge in [0.2, 0.25) is 5.91 Å². The molecule has 0 bridgehead atoms. The minimum atomic E-state index is -0.596. The second kappa shape index (κ2) is 9.38. The zero-order valence-corrected chi connectivity index (χ0v) is 19.2. The highest BCUT2D eigenvalue weighted by molar-refractivity contribution is 6.24. The molecule has 3 unspecified atom stereocenters. The predicted octanol–water partition coefficient (Wildman–Crippen LogP) is 1.93. The zero-order chi connectivity index (χ0) is 22.9. The standard InChI is InChI=1S/C23H29ClFN7O/c24-14-9-15-16(11-28-20(15)27-10-14)21-29-12-17(25)22(31-21)32(26)19-8-4-3-7-18(19)30-23(33)13-5-1-2-6-13/h9,11-14,18-19H,1-8,10,26H2,(H,27,28)(H,30,33). The normalized spacial score (nSPS) is 25.1. The molecule has 3 heterocycles. The molecule has 5 rings (SSSR count). The average Bonchev–Trinajstić information content (AvgIpc) is 3.50. The Labute approximate surface area is 196 Å². The summed E-state index contributed by atoms with van der Waals surface area (Å²) in [6.45, 7) is 0.496. The average molecular weight is 474 g/mol. The Kier molecular flexibility index (Phi) is 6.34. The van der Waals surface area contributed by atoms with Gasteiger partial charge in [-0.25, -0.2) is 20.2 Å². The van der Waals surface area contributed by atoms with Crippen LogP contribution in [0.3, 0.4) is 0 Å². The Morgan fingerprint density at radius 2 is 1.97 bits per heavy atom. The van der Waals surface area contributed by atoms with E-state index in [1.807, 2.05) is 6.08 Å². The fourth-order valence-electron chi connectivity index (χ4n) is 5.25. The van der Waals surface area contributed by atoms with E-state index in [4.69, 9.17) is 17.4 Å². The molecule has 2 aliphatic carbocycles. The summed E-state index contributed by atoms with van der Waals surface area (Å²) in [6, 6.07) is -0.380. The van der Waals surface area contributed by atoms with Crippen molar-refractivity contribution in [2.24, 2.45) is 16.8 Å². The maximum atomic E-state index is 14.9. The number of alkyl halides is 1. The van der Waals surface area contributed by atoms with Crippen LogP contribution in [0.1, 0.15) is 51.4 Å². The first-order valence-electron chi connectivity index (χ1n) is 11.8. The van der Waals surface area contributed by atoms with E-state index in [0.29, 0.717) is 23.4 Å². The van der Waals surface area contributed by atoms with Gasteiger partial charge in [0, 0.05) is 22.9 Å². The maximum Gasteiger partial charge on any atom is 0.223 e. The van der Waals surface area contributed by atoms with Crippen molar-refractivity contribution in [3.05, 3.63) is 28.9 Å². The highest BCUT2D eigenvalue weighted by atomic mass is 35.5. The molecular formula is C23H29ClFN7O. The summed E-state index contributed by atoms with van der Waals surface area (Å²) in [6.07, 6.45) is 12.4. The van der Waals surface area contributed by atoms with Crippen molar-refractivity contribution in [2.45, 2.75) is 68.8 Å². The van der Waals surface area contributed by atoms with Gasteiger partial charge in [-0.15, -0.1) is 11.6 Å². The smallest absolute Gasteiger partial charge is 0.223 e. The summed E-state index contributed by atoms with van der Waals surface area (Å²) in [5.74, 6) is 6.41. The third-order valence-corrected chi connectivity index (χ3v) is 7.29. The predicted molar refractivity (Wildman–Crippen MR) is 124 cm³/mol. The highest BCUT2D eigenvalue weighted by Gasteiger charge is 2.34. The quantitative estimate of drug-likeness (QED) is 0.349. The second-order valence-corrected chi connectivity index (χ2v) is 9.77. The molecule has 0 saturated heterocycles. The third kappa shape index (κ3) is 4.48. The van der Waals surface area contributed by atoms with Crippen LogP contribution in [0.5, 0.6) is 0 Å². The lowest BCUT2D eigenvalue weighted by Gasteiger charge is -2.38. The Morgan fingerprint density at radius 3 is 2.79 bits per heavy atom. The van der Waals surface area contributed by atoms with Gasteiger partial charge in [0.15, 0.2) is 17.5 Å². The minimum Gasteiger partial charge on any atom is -0.351 e. The van der Waals surface area contributed by atoms with Crippen molar-refractivity contribution in [1.82, 2.24) is 20.3 Å². The number of nitrogens with one attached hydrogen (secondary N) is 2. The summed E-state index contributed by atoms with van der Waals surface area (Å²) < 4.78 is 14.9. The van der Waals surface area contributed by atoms with Crippen LogP contribution in [-0.2, 0) is 4.79 Å². The first-order valence-corrected chi connectivity index (χ1v) is 12.2. The third-order valence-electron chi connectivity index (χ3n) is 7.02. The van der Waals surface area contributed by atoms with Crippen LogP contribution in [-0.4, -0.2) is 44.9 Å². The van der Waals surface area contributed by atoms with E-state index in [9.17, 15) is 9.18 Å². The minimum absolute atomic E-state index is 0.0251. The molecule has 0 spiro atoms. The number of amides is 1. The number of rotatable bonds is 5. The molecule has 0 aromatic carbocycles. The number of hydrogen-bond acceptors (Lipinski definition) is 6. The molecule has 3 atom stereocenters. The fraction of sp³-hybridized carbons (Fsp3) is 0.565. The molecule has 0 radical (unpaired) electrons. The van der Waals surface area contributed by atoms with E-state index < -0.39 is 5.82 Å². The topological polar surface area (TPSA) is 112 Å². The Bertz CT molecular complexity index is 1150. The van der Waals surface area contributed by atoms with Crippen LogP contribution >= 0.6 is 11.6 Å². The number of carbonyl (C=O) groups excluding carboxylic acids is 1. The van der Waals surface area contributed by atoms with E-state index in [0.717, 1.165) is 62.8 Å². The number of H-pyrrole nitrogens is 1. The van der Waals surface area contributed by atoms with Gasteiger partial charge in [0.25, 0.3) is 0 Å². The lowest BCUT2D eigenvalue weighted by Crippen LogP contribution is -2.57. The molecule has 2 aromatic heterocycles. The molecular weight excluding hydrogens is 445 g/mol. The molecule has 8 nitrogen and oxygen atoms in total. The first kappa shape index (κ1) is 22.3. The van der Waals surface area contributed by atoms with E-state index in [-0.39, 0.29) is 35.1 Å². The Hall–Kier alpha value is -2.52. The molecule has 2 saturated carbocycles. The Balaban J connectivity index is 1.42. The van der Waals surface area contributed by atoms with Gasteiger partial charge in [-0.3, -0.25) is 14.8 Å². The van der Waals surface area contributed by atoms with Gasteiger partial charge in [0.1, 0.15) is 5.49 Å². The van der Waals surface area contributed by atoms with Crippen molar-refractivity contribution < 1.29 is 9.18 Å². The molecule has 1 amide bonds. The largest absolute Gasteiger partial charge is 0.351 e. The highest BCUT2D eigenvalue weighted by Crippen LogP contribution is 2.29. The Morgan fingerprint density at radius 1 is 1.21 bits per heavy atom. The van der Waals surface area contributed by atoms with E-state index in [2.05, 4.69) is 25.3 Å². The zero-order valence-electron chi connectivity index (χ0n) is 18.4. The second-order valence-electron chi connectivity index (χ2n) is 9.21. The molecule has 10 heteroatoms.